The number of anilines is 1. The van der Waals surface area contributed by atoms with E-state index in [1.54, 1.807) is 0 Å². The Labute approximate surface area is 171 Å². The first-order chi connectivity index (χ1) is 14.1. The fourth-order valence-corrected chi connectivity index (χ4v) is 3.60. The predicted octanol–water partition coefficient (Wildman–Crippen LogP) is 5.18. The maximum Gasteiger partial charge on any atom is 0.251 e. The highest BCUT2D eigenvalue weighted by molar-refractivity contribution is 6.03. The summed E-state index contributed by atoms with van der Waals surface area (Å²) in [4.78, 5) is 12.3. The summed E-state index contributed by atoms with van der Waals surface area (Å²) in [6.07, 6.45) is 0.837. The van der Waals surface area contributed by atoms with E-state index < -0.39 is 0 Å². The van der Waals surface area contributed by atoms with Crippen LogP contribution in [-0.4, -0.2) is 17.7 Å². The highest BCUT2D eigenvalue weighted by Crippen LogP contribution is 2.36. The van der Waals surface area contributed by atoms with Gasteiger partial charge in [-0.25, -0.2) is 0 Å². The van der Waals surface area contributed by atoms with E-state index in [9.17, 15) is 4.79 Å². The Bertz CT molecular complexity index is 995. The SMILES string of the molecule is CC(C)NC(=O)c1ccc(N2N=C(c3ccccc3)CC2c2ccccc2)cc1. The van der Waals surface area contributed by atoms with Crippen molar-refractivity contribution in [3.63, 3.8) is 0 Å². The van der Waals surface area contributed by atoms with Gasteiger partial charge in [0.25, 0.3) is 5.91 Å². The van der Waals surface area contributed by atoms with Crippen molar-refractivity contribution in [3.8, 4) is 0 Å². The summed E-state index contributed by atoms with van der Waals surface area (Å²) in [5, 5.41) is 9.96. The Balaban J connectivity index is 1.66. The summed E-state index contributed by atoms with van der Waals surface area (Å²) in [5.74, 6) is -0.0546. The Morgan fingerprint density at radius 1 is 0.931 bits per heavy atom. The first-order valence-corrected chi connectivity index (χ1v) is 10.00. The van der Waals surface area contributed by atoms with E-state index in [1.807, 2.05) is 62.4 Å². The summed E-state index contributed by atoms with van der Waals surface area (Å²) in [5.41, 5.74) is 5.07. The average molecular weight is 383 g/mol. The van der Waals surface area contributed by atoms with Crippen LogP contribution in [0.4, 0.5) is 5.69 Å². The molecular weight excluding hydrogens is 358 g/mol. The molecule has 0 saturated carbocycles. The molecule has 1 amide bonds. The Hall–Kier alpha value is -3.40. The van der Waals surface area contributed by atoms with E-state index in [4.69, 9.17) is 5.10 Å². The van der Waals surface area contributed by atoms with Crippen LogP contribution in [0.5, 0.6) is 0 Å². The van der Waals surface area contributed by atoms with E-state index in [1.165, 1.54) is 5.56 Å². The maximum atomic E-state index is 12.3. The van der Waals surface area contributed by atoms with Crippen molar-refractivity contribution in [2.75, 3.05) is 5.01 Å². The van der Waals surface area contributed by atoms with Crippen LogP contribution < -0.4 is 10.3 Å². The van der Waals surface area contributed by atoms with Crippen LogP contribution >= 0.6 is 0 Å². The van der Waals surface area contributed by atoms with Crippen LogP contribution in [0.3, 0.4) is 0 Å². The molecule has 4 nitrogen and oxygen atoms in total. The number of nitrogens with one attached hydrogen (secondary N) is 1. The monoisotopic (exact) mass is 383 g/mol. The number of nitrogens with zero attached hydrogens (tertiary/aromatic N) is 2. The fourth-order valence-electron chi connectivity index (χ4n) is 3.60. The largest absolute Gasteiger partial charge is 0.350 e. The first kappa shape index (κ1) is 18.9. The zero-order valence-corrected chi connectivity index (χ0v) is 16.7. The molecule has 0 saturated heterocycles. The van der Waals surface area contributed by atoms with Gasteiger partial charge in [-0.15, -0.1) is 0 Å². The molecule has 0 spiro atoms. The topological polar surface area (TPSA) is 44.7 Å². The lowest BCUT2D eigenvalue weighted by Crippen LogP contribution is -2.30. The molecule has 0 aromatic heterocycles. The number of hydrazone groups is 1. The van der Waals surface area contributed by atoms with Crippen LogP contribution in [0, 0.1) is 0 Å². The minimum absolute atomic E-state index is 0.0546. The summed E-state index contributed by atoms with van der Waals surface area (Å²) in [7, 11) is 0. The van der Waals surface area contributed by atoms with Crippen molar-refractivity contribution in [1.82, 2.24) is 5.32 Å². The van der Waals surface area contributed by atoms with E-state index >= 15 is 0 Å². The lowest BCUT2D eigenvalue weighted by atomic mass is 9.98. The Morgan fingerprint density at radius 3 is 2.17 bits per heavy atom. The third kappa shape index (κ3) is 4.21. The van der Waals surface area contributed by atoms with Gasteiger partial charge in [0.1, 0.15) is 0 Å². The van der Waals surface area contributed by atoms with Gasteiger partial charge in [-0.3, -0.25) is 9.80 Å². The predicted molar refractivity (Wildman–Crippen MR) is 118 cm³/mol. The minimum Gasteiger partial charge on any atom is -0.350 e. The fraction of sp³-hybridized carbons (Fsp3) is 0.200. The van der Waals surface area contributed by atoms with Gasteiger partial charge in [0, 0.05) is 18.0 Å². The van der Waals surface area contributed by atoms with Gasteiger partial charge in [0.2, 0.25) is 0 Å². The number of hydrogen-bond acceptors (Lipinski definition) is 3. The van der Waals surface area contributed by atoms with Gasteiger partial charge in [-0.1, -0.05) is 60.7 Å². The van der Waals surface area contributed by atoms with Gasteiger partial charge in [0.05, 0.1) is 17.4 Å². The molecule has 0 bridgehead atoms. The Kier molecular flexibility index (Phi) is 5.43. The van der Waals surface area contributed by atoms with Crippen molar-refractivity contribution in [1.29, 1.82) is 0 Å². The molecule has 4 rings (SSSR count). The van der Waals surface area contributed by atoms with Crippen LogP contribution in [-0.2, 0) is 0 Å². The summed E-state index contributed by atoms with van der Waals surface area (Å²) < 4.78 is 0. The van der Waals surface area contributed by atoms with Crippen molar-refractivity contribution < 1.29 is 4.79 Å². The second kappa shape index (κ2) is 8.31. The highest BCUT2D eigenvalue weighted by Gasteiger charge is 2.29. The quantitative estimate of drug-likeness (QED) is 0.660. The normalized spacial score (nSPS) is 16.0. The lowest BCUT2D eigenvalue weighted by Gasteiger charge is -2.24. The standard InChI is InChI=1S/C25H25N3O/c1-18(2)26-25(29)21-13-15-22(16-14-21)28-24(20-11-7-4-8-12-20)17-23(27-28)19-9-5-3-6-10-19/h3-16,18,24H,17H2,1-2H3,(H,26,29). The third-order valence-corrected chi connectivity index (χ3v) is 5.02. The van der Waals surface area contributed by atoms with Crippen LogP contribution in [0.2, 0.25) is 0 Å². The molecule has 1 aliphatic heterocycles. The zero-order chi connectivity index (χ0) is 20.2. The molecule has 1 heterocycles. The molecule has 29 heavy (non-hydrogen) atoms. The smallest absolute Gasteiger partial charge is 0.251 e. The summed E-state index contributed by atoms with van der Waals surface area (Å²) in [6.45, 7) is 3.92. The van der Waals surface area contributed by atoms with E-state index in [0.717, 1.165) is 23.4 Å². The number of rotatable bonds is 5. The number of carbonyl (C=O) groups excluding carboxylic acids is 1. The molecule has 1 atom stereocenters. The molecule has 0 aliphatic carbocycles. The van der Waals surface area contributed by atoms with Gasteiger partial charge in [-0.05, 0) is 49.2 Å². The molecular formula is C25H25N3O. The van der Waals surface area contributed by atoms with Crippen LogP contribution in [0.1, 0.15) is 47.8 Å². The van der Waals surface area contributed by atoms with E-state index in [-0.39, 0.29) is 18.0 Å². The molecule has 0 fully saturated rings. The molecule has 1 aliphatic rings. The summed E-state index contributed by atoms with van der Waals surface area (Å²) in [6, 6.07) is 28.7. The molecule has 1 unspecified atom stereocenters. The van der Waals surface area contributed by atoms with Crippen LogP contribution in [0.15, 0.2) is 90.0 Å². The van der Waals surface area contributed by atoms with E-state index in [2.05, 4.69) is 46.7 Å². The molecule has 3 aromatic rings. The van der Waals surface area contributed by atoms with Crippen molar-refractivity contribution >= 4 is 17.3 Å². The van der Waals surface area contributed by atoms with Crippen molar-refractivity contribution in [2.45, 2.75) is 32.4 Å². The number of hydrogen-bond donors (Lipinski definition) is 1. The van der Waals surface area contributed by atoms with Gasteiger partial charge in [-0.2, -0.15) is 5.10 Å². The summed E-state index contributed by atoms with van der Waals surface area (Å²) >= 11 is 0. The zero-order valence-electron chi connectivity index (χ0n) is 16.7. The second-order valence-corrected chi connectivity index (χ2v) is 7.56. The molecule has 3 aromatic carbocycles. The maximum absolute atomic E-state index is 12.3. The molecule has 4 heteroatoms. The number of carbonyl (C=O) groups is 1. The van der Waals surface area contributed by atoms with Gasteiger partial charge >= 0.3 is 0 Å². The molecule has 0 radical (unpaired) electrons. The Morgan fingerprint density at radius 2 is 1.55 bits per heavy atom. The van der Waals surface area contributed by atoms with Crippen molar-refractivity contribution in [2.24, 2.45) is 5.10 Å². The molecule has 1 N–H and O–H groups in total. The lowest BCUT2D eigenvalue weighted by molar-refractivity contribution is 0.0943. The molecule has 146 valence electrons. The first-order valence-electron chi connectivity index (χ1n) is 10.00. The van der Waals surface area contributed by atoms with Crippen LogP contribution in [0.25, 0.3) is 0 Å². The minimum atomic E-state index is -0.0546. The van der Waals surface area contributed by atoms with Gasteiger partial charge in [0.15, 0.2) is 0 Å². The third-order valence-electron chi connectivity index (χ3n) is 5.02. The second-order valence-electron chi connectivity index (χ2n) is 7.56. The number of amides is 1. The van der Waals surface area contributed by atoms with Gasteiger partial charge < -0.3 is 5.32 Å². The average Bonchev–Trinajstić information content (AvgIpc) is 3.20. The number of benzene rings is 3. The van der Waals surface area contributed by atoms with E-state index in [0.29, 0.717) is 5.56 Å². The highest BCUT2D eigenvalue weighted by atomic mass is 16.1. The van der Waals surface area contributed by atoms with Crippen molar-refractivity contribution in [3.05, 3.63) is 102 Å².